The van der Waals surface area contributed by atoms with Gasteiger partial charge in [-0.15, -0.1) is 0 Å². The molecular formula is C39H56F2O13S. The summed E-state index contributed by atoms with van der Waals surface area (Å²) >= 11 is 0. The van der Waals surface area contributed by atoms with Crippen molar-refractivity contribution in [1.82, 2.24) is 0 Å². The third-order valence-corrected chi connectivity index (χ3v) is 15.3. The molecule has 0 amide bonds. The van der Waals surface area contributed by atoms with Gasteiger partial charge in [0.15, 0.2) is 12.6 Å². The van der Waals surface area contributed by atoms with Crippen LogP contribution in [0.5, 0.6) is 0 Å². The van der Waals surface area contributed by atoms with Crippen LogP contribution in [0.15, 0.2) is 0 Å². The fourth-order valence-corrected chi connectivity index (χ4v) is 12.3. The molecular weight excluding hydrogens is 746 g/mol. The number of ether oxygens (including phenoxy) is 5. The van der Waals surface area contributed by atoms with Gasteiger partial charge in [0.1, 0.15) is 24.8 Å². The zero-order valence-electron chi connectivity index (χ0n) is 31.4. The first-order chi connectivity index (χ1) is 26.0. The van der Waals surface area contributed by atoms with Crippen molar-refractivity contribution >= 4 is 34.6 Å². The largest absolute Gasteiger partial charge is 0.465 e. The number of rotatable bonds is 13. The second-order valence-corrected chi connectivity index (χ2v) is 20.2. The molecule has 2 N–H and O–H groups in total. The molecule has 7 rings (SSSR count). The summed E-state index contributed by atoms with van der Waals surface area (Å²) < 4.78 is 90.6. The number of hydrogen-bond acceptors (Lipinski definition) is 12. The fourth-order valence-electron chi connectivity index (χ4n) is 12.0. The van der Waals surface area contributed by atoms with Gasteiger partial charge in [0.25, 0.3) is 0 Å². The van der Waals surface area contributed by atoms with Crippen LogP contribution < -0.4 is 0 Å². The van der Waals surface area contributed by atoms with E-state index in [1.807, 2.05) is 0 Å². The maximum absolute atomic E-state index is 14.3. The van der Waals surface area contributed by atoms with Crippen LogP contribution in [-0.4, -0.2) is 92.5 Å². The molecule has 0 spiro atoms. The number of halogens is 2. The minimum Gasteiger partial charge on any atom is -0.464 e. The summed E-state index contributed by atoms with van der Waals surface area (Å²) in [6.45, 7) is -0.245. The Kier molecular flexibility index (Phi) is 11.6. The normalized spacial score (nSPS) is 42.4. The standard InChI is InChI=1S/C39H56F2O13S/c40-39(41,55(47,48)49)34(46)54-38-9-3-6-27(17-38)12-30(18-38)31-50-21-35(22-51-31,23-52-32(44)36-7-1-4-25(13-36)10-28(15-36)19-42)24-53-33(45)37-8-2-5-26(14-37)11-29(16-37)20-43/h19-20,25-32,44H,1-18,21-24H2,(H,47,48,49). The summed E-state index contributed by atoms with van der Waals surface area (Å²) in [7, 11) is -6.04. The summed E-state index contributed by atoms with van der Waals surface area (Å²) in [4.78, 5) is 50.1. The highest BCUT2D eigenvalue weighted by molar-refractivity contribution is 7.87. The van der Waals surface area contributed by atoms with E-state index < -0.39 is 61.7 Å². The van der Waals surface area contributed by atoms with Gasteiger partial charge >= 0.3 is 27.3 Å². The molecule has 6 bridgehead atoms. The van der Waals surface area contributed by atoms with Crippen LogP contribution in [0.1, 0.15) is 116 Å². The molecule has 7 fully saturated rings. The van der Waals surface area contributed by atoms with Crippen LogP contribution in [0.3, 0.4) is 0 Å². The molecule has 55 heavy (non-hydrogen) atoms. The molecule has 1 aliphatic heterocycles. The average Bonchev–Trinajstić information content (AvgIpc) is 3.15. The molecule has 6 aliphatic carbocycles. The number of fused-ring (bicyclic) bond motifs is 6. The lowest BCUT2D eigenvalue weighted by Crippen LogP contribution is -2.55. The molecule has 16 heteroatoms. The number of aldehydes is 2. The van der Waals surface area contributed by atoms with Gasteiger partial charge in [-0.3, -0.25) is 9.35 Å². The zero-order chi connectivity index (χ0) is 39.3. The number of aliphatic hydroxyl groups is 1. The molecule has 0 radical (unpaired) electrons. The third kappa shape index (κ3) is 8.28. The molecule has 6 saturated carbocycles. The number of alkyl halides is 2. The lowest BCUT2D eigenvalue weighted by atomic mass is 9.59. The highest BCUT2D eigenvalue weighted by Crippen LogP contribution is 2.55. The molecule has 7 aliphatic rings. The molecule has 13 nitrogen and oxygen atoms in total. The minimum atomic E-state index is -6.04. The van der Waals surface area contributed by atoms with Crippen molar-refractivity contribution in [3.05, 3.63) is 0 Å². The van der Waals surface area contributed by atoms with Crippen LogP contribution >= 0.6 is 0 Å². The van der Waals surface area contributed by atoms with Gasteiger partial charge in [-0.1, -0.05) is 32.1 Å². The fraction of sp³-hybridized carbons (Fsp3) is 0.897. The van der Waals surface area contributed by atoms with Gasteiger partial charge in [0.2, 0.25) is 0 Å². The van der Waals surface area contributed by atoms with Crippen molar-refractivity contribution in [3.8, 4) is 0 Å². The second kappa shape index (κ2) is 15.6. The minimum absolute atomic E-state index is 0.00831. The molecule has 0 aromatic rings. The zero-order valence-corrected chi connectivity index (χ0v) is 32.2. The van der Waals surface area contributed by atoms with Crippen LogP contribution in [0, 0.1) is 51.8 Å². The molecule has 10 atom stereocenters. The molecule has 10 unspecified atom stereocenters. The molecule has 1 heterocycles. The van der Waals surface area contributed by atoms with Crippen molar-refractivity contribution in [1.29, 1.82) is 0 Å². The van der Waals surface area contributed by atoms with Crippen LogP contribution in [-0.2, 0) is 53.0 Å². The summed E-state index contributed by atoms with van der Waals surface area (Å²) in [6, 6.07) is 0. The summed E-state index contributed by atoms with van der Waals surface area (Å²) in [5, 5.41) is 6.52. The number of carbonyl (C=O) groups excluding carboxylic acids is 4. The highest BCUT2D eigenvalue weighted by atomic mass is 32.2. The van der Waals surface area contributed by atoms with Gasteiger partial charge in [-0.25, -0.2) is 4.79 Å². The predicted molar refractivity (Wildman–Crippen MR) is 187 cm³/mol. The van der Waals surface area contributed by atoms with E-state index in [4.69, 9.17) is 28.2 Å². The van der Waals surface area contributed by atoms with Crippen LogP contribution in [0.2, 0.25) is 0 Å². The summed E-state index contributed by atoms with van der Waals surface area (Å²) in [5.41, 5.74) is -3.78. The van der Waals surface area contributed by atoms with Crippen LogP contribution in [0.25, 0.3) is 0 Å². The van der Waals surface area contributed by atoms with E-state index in [9.17, 15) is 41.5 Å². The van der Waals surface area contributed by atoms with E-state index in [0.29, 0.717) is 44.4 Å². The second-order valence-electron chi connectivity index (χ2n) is 18.7. The summed E-state index contributed by atoms with van der Waals surface area (Å²) in [5.74, 6) is -2.90. The van der Waals surface area contributed by atoms with Crippen molar-refractivity contribution in [2.75, 3.05) is 26.4 Å². The van der Waals surface area contributed by atoms with Gasteiger partial charge in [-0.2, -0.15) is 17.2 Å². The Hall–Kier alpha value is -2.11. The van der Waals surface area contributed by atoms with Gasteiger partial charge in [0, 0.05) is 23.2 Å². The lowest BCUT2D eigenvalue weighted by molar-refractivity contribution is -0.293. The number of carbonyl (C=O) groups is 4. The number of aliphatic hydroxyl groups excluding tert-OH is 1. The van der Waals surface area contributed by atoms with Crippen molar-refractivity contribution in [2.45, 2.75) is 139 Å². The van der Waals surface area contributed by atoms with Gasteiger partial charge in [-0.05, 0) is 101 Å². The van der Waals surface area contributed by atoms with Gasteiger partial charge in [0.05, 0.1) is 30.7 Å². The predicted octanol–water partition coefficient (Wildman–Crippen LogP) is 5.16. The molecule has 0 aromatic carbocycles. The smallest absolute Gasteiger partial charge is 0.464 e. The Labute approximate surface area is 321 Å². The number of hydrogen-bond donors (Lipinski definition) is 2. The summed E-state index contributed by atoms with van der Waals surface area (Å²) in [6.07, 6.45) is 11.4. The van der Waals surface area contributed by atoms with E-state index in [1.165, 1.54) is 0 Å². The first-order valence-electron chi connectivity index (χ1n) is 20.2. The SMILES string of the molecule is O=CC1CC2CCCC(C(=O)OCC3(COC(O)C45CCCC(CC(C=O)C4)C5)COC(C4CC5CCCC(OC(=O)C(F)(F)S(=O)(=O)O)(C5)C4)OC3)(C1)C2. The third-order valence-electron chi connectivity index (χ3n) is 14.5. The molecule has 0 aromatic heterocycles. The van der Waals surface area contributed by atoms with Gasteiger partial charge < -0.3 is 38.4 Å². The maximum Gasteiger partial charge on any atom is 0.465 e. The topological polar surface area (TPSA) is 189 Å². The quantitative estimate of drug-likeness (QED) is 0.108. The van der Waals surface area contributed by atoms with E-state index in [-0.39, 0.29) is 75.3 Å². The van der Waals surface area contributed by atoms with E-state index in [2.05, 4.69) is 0 Å². The molecule has 1 saturated heterocycles. The monoisotopic (exact) mass is 802 g/mol. The Bertz CT molecular complexity index is 1570. The Morgan fingerprint density at radius 1 is 0.818 bits per heavy atom. The Morgan fingerprint density at radius 3 is 2.11 bits per heavy atom. The van der Waals surface area contributed by atoms with E-state index in [1.54, 1.807) is 0 Å². The first kappa shape index (κ1) is 41.1. The van der Waals surface area contributed by atoms with E-state index in [0.717, 1.165) is 70.4 Å². The lowest BCUT2D eigenvalue weighted by Gasteiger charge is -2.51. The maximum atomic E-state index is 14.3. The van der Waals surface area contributed by atoms with Crippen molar-refractivity contribution < 1.29 is 69.7 Å². The number of esters is 2. The molecule has 310 valence electrons. The highest BCUT2D eigenvalue weighted by Gasteiger charge is 2.59. The van der Waals surface area contributed by atoms with Crippen molar-refractivity contribution in [2.24, 2.45) is 51.8 Å². The van der Waals surface area contributed by atoms with Crippen LogP contribution in [0.4, 0.5) is 8.78 Å². The van der Waals surface area contributed by atoms with E-state index >= 15 is 0 Å². The Morgan fingerprint density at radius 2 is 1.44 bits per heavy atom. The average molecular weight is 803 g/mol. The first-order valence-corrected chi connectivity index (χ1v) is 21.7. The Balaban J connectivity index is 1.06. The van der Waals surface area contributed by atoms with Crippen molar-refractivity contribution in [3.63, 3.8) is 0 Å².